The Morgan fingerprint density at radius 1 is 1.00 bits per heavy atom. The van der Waals surface area contributed by atoms with Gasteiger partial charge in [0.05, 0.1) is 17.4 Å². The zero-order chi connectivity index (χ0) is 25.4. The van der Waals surface area contributed by atoms with Crippen LogP contribution in [0.25, 0.3) is 0 Å². The molecule has 8 heteroatoms. The fourth-order valence-corrected chi connectivity index (χ4v) is 6.75. The highest BCUT2D eigenvalue weighted by atomic mass is 16.5. The minimum atomic E-state index is -1.21. The van der Waals surface area contributed by atoms with E-state index < -0.39 is 29.1 Å². The SMILES string of the molecule is CCCC(C)N1CC=C[C@]23O[C@@]4(CC)C=CCN(CCC)C(=O)[C@H]4[C@H]2C(=O)N(CCCO)C3C1=O. The summed E-state index contributed by atoms with van der Waals surface area (Å²) in [5.74, 6) is -1.88. The van der Waals surface area contributed by atoms with Crippen molar-refractivity contribution in [2.24, 2.45) is 11.8 Å². The summed E-state index contributed by atoms with van der Waals surface area (Å²) in [5, 5.41) is 9.53. The molecule has 3 amide bonds. The van der Waals surface area contributed by atoms with Gasteiger partial charge in [0.25, 0.3) is 0 Å². The Morgan fingerprint density at radius 2 is 1.74 bits per heavy atom. The van der Waals surface area contributed by atoms with Gasteiger partial charge in [-0.3, -0.25) is 14.4 Å². The number of aliphatic hydroxyl groups is 1. The van der Waals surface area contributed by atoms with Crippen LogP contribution in [-0.4, -0.2) is 93.6 Å². The van der Waals surface area contributed by atoms with Gasteiger partial charge in [-0.2, -0.15) is 0 Å². The number of ether oxygens (including phenoxy) is 1. The summed E-state index contributed by atoms with van der Waals surface area (Å²) >= 11 is 0. The highest BCUT2D eigenvalue weighted by molar-refractivity contribution is 6.00. The van der Waals surface area contributed by atoms with Crippen LogP contribution in [0.2, 0.25) is 0 Å². The molecule has 8 nitrogen and oxygen atoms in total. The molecule has 194 valence electrons. The summed E-state index contributed by atoms with van der Waals surface area (Å²) in [5.41, 5.74) is -2.14. The summed E-state index contributed by atoms with van der Waals surface area (Å²) in [6, 6.07) is -0.824. The van der Waals surface area contributed by atoms with Crippen molar-refractivity contribution in [2.45, 2.75) is 83.1 Å². The van der Waals surface area contributed by atoms with Crippen LogP contribution in [0.15, 0.2) is 24.3 Å². The number of rotatable bonds is 9. The van der Waals surface area contributed by atoms with Crippen LogP contribution in [0.5, 0.6) is 0 Å². The molecule has 4 aliphatic heterocycles. The maximum Gasteiger partial charge on any atom is 0.249 e. The summed E-state index contributed by atoms with van der Waals surface area (Å²) < 4.78 is 6.92. The van der Waals surface area contributed by atoms with E-state index in [0.29, 0.717) is 32.5 Å². The topological polar surface area (TPSA) is 90.4 Å². The molecule has 2 fully saturated rings. The molecule has 4 aliphatic rings. The number of hydrogen-bond donors (Lipinski definition) is 1. The molecule has 0 aromatic rings. The van der Waals surface area contributed by atoms with Crippen molar-refractivity contribution in [1.29, 1.82) is 0 Å². The van der Waals surface area contributed by atoms with Crippen LogP contribution in [0.3, 0.4) is 0 Å². The number of carbonyl (C=O) groups is 3. The average Bonchev–Trinajstić information content (AvgIpc) is 3.12. The molecule has 2 saturated heterocycles. The third kappa shape index (κ3) is 3.93. The second-order valence-corrected chi connectivity index (χ2v) is 10.4. The van der Waals surface area contributed by atoms with Crippen molar-refractivity contribution in [1.82, 2.24) is 14.7 Å². The molecule has 0 radical (unpaired) electrons. The van der Waals surface area contributed by atoms with E-state index >= 15 is 0 Å². The van der Waals surface area contributed by atoms with Crippen molar-refractivity contribution in [3.05, 3.63) is 24.3 Å². The summed E-state index contributed by atoms with van der Waals surface area (Å²) in [6.07, 6.45) is 11.4. The van der Waals surface area contributed by atoms with Crippen LogP contribution in [-0.2, 0) is 19.1 Å². The Kier molecular flexibility index (Phi) is 7.44. The summed E-state index contributed by atoms with van der Waals surface area (Å²) in [6.45, 7) is 9.89. The van der Waals surface area contributed by atoms with E-state index in [1.54, 1.807) is 4.90 Å². The van der Waals surface area contributed by atoms with Crippen molar-refractivity contribution >= 4 is 17.7 Å². The number of fused-ring (bicyclic) bond motifs is 2. The van der Waals surface area contributed by atoms with E-state index in [1.165, 1.54) is 0 Å². The minimum absolute atomic E-state index is 0.0229. The fourth-order valence-electron chi connectivity index (χ4n) is 6.75. The Labute approximate surface area is 208 Å². The zero-order valence-electron chi connectivity index (χ0n) is 21.6. The largest absolute Gasteiger partial charge is 0.396 e. The first-order valence-corrected chi connectivity index (χ1v) is 13.4. The third-order valence-electron chi connectivity index (χ3n) is 8.34. The van der Waals surface area contributed by atoms with E-state index in [-0.39, 0.29) is 36.9 Å². The lowest BCUT2D eigenvalue weighted by molar-refractivity contribution is -0.155. The van der Waals surface area contributed by atoms with Crippen LogP contribution in [0, 0.1) is 11.8 Å². The predicted octanol–water partition coefficient (Wildman–Crippen LogP) is 2.13. The lowest BCUT2D eigenvalue weighted by Gasteiger charge is -2.39. The molecule has 0 aromatic carbocycles. The highest BCUT2D eigenvalue weighted by Gasteiger charge is 2.75. The first-order chi connectivity index (χ1) is 16.8. The number of likely N-dealkylation sites (tertiary alicyclic amines) is 1. The van der Waals surface area contributed by atoms with E-state index in [1.807, 2.05) is 54.9 Å². The van der Waals surface area contributed by atoms with Gasteiger partial charge < -0.3 is 24.5 Å². The number of amides is 3. The van der Waals surface area contributed by atoms with E-state index in [9.17, 15) is 19.5 Å². The van der Waals surface area contributed by atoms with Gasteiger partial charge in [0.2, 0.25) is 17.7 Å². The third-order valence-corrected chi connectivity index (χ3v) is 8.34. The van der Waals surface area contributed by atoms with Crippen molar-refractivity contribution in [2.75, 3.05) is 32.8 Å². The molecule has 35 heavy (non-hydrogen) atoms. The molecule has 2 unspecified atom stereocenters. The van der Waals surface area contributed by atoms with Crippen LogP contribution in [0.4, 0.5) is 0 Å². The van der Waals surface area contributed by atoms with Crippen LogP contribution < -0.4 is 0 Å². The first kappa shape index (κ1) is 25.9. The Balaban J connectivity index is 1.85. The second-order valence-electron chi connectivity index (χ2n) is 10.4. The van der Waals surface area contributed by atoms with Crippen molar-refractivity contribution < 1.29 is 24.2 Å². The fraction of sp³-hybridized carbons (Fsp3) is 0.741. The molecule has 0 saturated carbocycles. The number of nitrogens with zero attached hydrogens (tertiary/aromatic N) is 3. The second kappa shape index (κ2) is 10.1. The molecule has 0 aromatic heterocycles. The van der Waals surface area contributed by atoms with Crippen molar-refractivity contribution in [3.63, 3.8) is 0 Å². The van der Waals surface area contributed by atoms with Gasteiger partial charge in [0, 0.05) is 38.8 Å². The summed E-state index contributed by atoms with van der Waals surface area (Å²) in [7, 11) is 0. The Hall–Kier alpha value is -2.19. The predicted molar refractivity (Wildman–Crippen MR) is 132 cm³/mol. The molecule has 0 bridgehead atoms. The van der Waals surface area contributed by atoms with Crippen LogP contribution in [0.1, 0.15) is 59.8 Å². The van der Waals surface area contributed by atoms with Crippen LogP contribution >= 0.6 is 0 Å². The lowest BCUT2D eigenvalue weighted by atomic mass is 9.73. The quantitative estimate of drug-likeness (QED) is 0.503. The highest BCUT2D eigenvalue weighted by Crippen LogP contribution is 2.58. The Bertz CT molecular complexity index is 903. The van der Waals surface area contributed by atoms with Crippen molar-refractivity contribution in [3.8, 4) is 0 Å². The number of aliphatic hydroxyl groups excluding tert-OH is 1. The van der Waals surface area contributed by atoms with E-state index in [0.717, 1.165) is 19.3 Å². The average molecular weight is 488 g/mol. The molecule has 4 rings (SSSR count). The van der Waals surface area contributed by atoms with Gasteiger partial charge in [-0.25, -0.2) is 0 Å². The van der Waals surface area contributed by atoms with E-state index in [4.69, 9.17) is 4.74 Å². The van der Waals surface area contributed by atoms with Gasteiger partial charge in [-0.1, -0.05) is 51.5 Å². The standard InChI is InChI=1S/C27H41N3O5/c1-5-11-19(4)29-16-9-13-27-21(24(33)30(17-10-18-31)22(27)25(29)34)20-23(32)28(14-6-2)15-8-12-26(20,7-3)35-27/h8-9,12-13,19-22,31H,5-7,10-11,14-18H2,1-4H3/t19?,20-,21+,22?,26+,27+/m1/s1. The van der Waals surface area contributed by atoms with Gasteiger partial charge in [-0.05, 0) is 32.6 Å². The normalized spacial score (nSPS) is 35.2. The van der Waals surface area contributed by atoms with Gasteiger partial charge in [0.1, 0.15) is 11.6 Å². The molecular formula is C27H41N3O5. The van der Waals surface area contributed by atoms with Gasteiger partial charge >= 0.3 is 0 Å². The molecule has 0 aliphatic carbocycles. The Morgan fingerprint density at radius 3 is 2.40 bits per heavy atom. The number of carbonyl (C=O) groups excluding carboxylic acids is 3. The smallest absolute Gasteiger partial charge is 0.249 e. The van der Waals surface area contributed by atoms with Gasteiger partial charge in [0.15, 0.2) is 0 Å². The molecular weight excluding hydrogens is 446 g/mol. The maximum atomic E-state index is 14.2. The summed E-state index contributed by atoms with van der Waals surface area (Å²) in [4.78, 5) is 47.5. The van der Waals surface area contributed by atoms with E-state index in [2.05, 4.69) is 6.92 Å². The van der Waals surface area contributed by atoms with Gasteiger partial charge in [-0.15, -0.1) is 0 Å². The molecule has 1 N–H and O–H groups in total. The molecule has 4 heterocycles. The molecule has 6 atom stereocenters. The zero-order valence-corrected chi connectivity index (χ0v) is 21.6. The maximum absolute atomic E-state index is 14.2. The number of hydrogen-bond acceptors (Lipinski definition) is 5. The first-order valence-electron chi connectivity index (χ1n) is 13.4. The monoisotopic (exact) mass is 487 g/mol. The minimum Gasteiger partial charge on any atom is -0.396 e. The molecule has 1 spiro atoms. The lowest BCUT2D eigenvalue weighted by Crippen LogP contribution is -2.57.